The summed E-state index contributed by atoms with van der Waals surface area (Å²) in [6.07, 6.45) is 0.536. The van der Waals surface area contributed by atoms with Crippen LogP contribution >= 0.6 is 11.8 Å². The minimum absolute atomic E-state index is 0.00947. The van der Waals surface area contributed by atoms with Gasteiger partial charge in [0.1, 0.15) is 5.75 Å². The number of hydrogen-bond acceptors (Lipinski definition) is 6. The summed E-state index contributed by atoms with van der Waals surface area (Å²) in [5.74, 6) is 1.33. The third-order valence-electron chi connectivity index (χ3n) is 4.18. The molecule has 25 heavy (non-hydrogen) atoms. The number of thioether (sulfide) groups is 1. The Bertz CT molecular complexity index is 674. The second-order valence-electron chi connectivity index (χ2n) is 6.41. The zero-order valence-corrected chi connectivity index (χ0v) is 16.6. The number of amides is 1. The lowest BCUT2D eigenvalue weighted by molar-refractivity contribution is -0.130. The maximum Gasteiger partial charge on any atom is 0.233 e. The number of methoxy groups -OCH3 is 1. The molecule has 0 aliphatic carbocycles. The van der Waals surface area contributed by atoms with Gasteiger partial charge < -0.3 is 14.5 Å². The monoisotopic (exact) mass is 386 g/mol. The minimum atomic E-state index is -3.02. The van der Waals surface area contributed by atoms with Crippen molar-refractivity contribution in [1.29, 1.82) is 0 Å². The lowest BCUT2D eigenvalue weighted by atomic mass is 10.2. The van der Waals surface area contributed by atoms with Crippen LogP contribution in [0.3, 0.4) is 0 Å². The van der Waals surface area contributed by atoms with Crippen molar-refractivity contribution in [3.63, 3.8) is 0 Å². The number of rotatable bonds is 8. The van der Waals surface area contributed by atoms with Crippen molar-refractivity contribution in [2.45, 2.75) is 17.4 Å². The van der Waals surface area contributed by atoms with Gasteiger partial charge in [0.2, 0.25) is 5.91 Å². The second kappa shape index (κ2) is 8.91. The first-order valence-corrected chi connectivity index (χ1v) is 11.0. The highest BCUT2D eigenvalue weighted by atomic mass is 32.2. The molecular weight excluding hydrogens is 360 g/mol. The van der Waals surface area contributed by atoms with Crippen LogP contribution in [-0.2, 0) is 14.6 Å². The van der Waals surface area contributed by atoms with Crippen LogP contribution in [0.5, 0.6) is 5.75 Å². The van der Waals surface area contributed by atoms with Gasteiger partial charge in [0.05, 0.1) is 24.4 Å². The predicted octanol–water partition coefficient (Wildman–Crippen LogP) is 1.36. The quantitative estimate of drug-likeness (QED) is 0.629. The lowest BCUT2D eigenvalue weighted by Crippen LogP contribution is -2.45. The van der Waals surface area contributed by atoms with E-state index in [1.54, 1.807) is 12.0 Å². The van der Waals surface area contributed by atoms with Crippen molar-refractivity contribution in [3.05, 3.63) is 24.3 Å². The van der Waals surface area contributed by atoms with Crippen LogP contribution in [0.15, 0.2) is 29.2 Å². The predicted molar refractivity (Wildman–Crippen MR) is 101 cm³/mol. The molecule has 0 N–H and O–H groups in total. The summed E-state index contributed by atoms with van der Waals surface area (Å²) < 4.78 is 28.7. The van der Waals surface area contributed by atoms with Crippen LogP contribution in [0.2, 0.25) is 0 Å². The number of carbonyl (C=O) groups excluding carboxylic acids is 1. The molecule has 0 radical (unpaired) electrons. The first-order valence-electron chi connectivity index (χ1n) is 8.22. The summed E-state index contributed by atoms with van der Waals surface area (Å²) in [7, 11) is 2.49. The molecule has 0 aromatic heterocycles. The third-order valence-corrected chi connectivity index (χ3v) is 6.93. The first-order chi connectivity index (χ1) is 11.8. The summed E-state index contributed by atoms with van der Waals surface area (Å²) in [6.45, 7) is 1.27. The van der Waals surface area contributed by atoms with Crippen LogP contribution in [0.4, 0.5) is 0 Å². The first kappa shape index (κ1) is 20.1. The van der Waals surface area contributed by atoms with E-state index >= 15 is 0 Å². The molecule has 0 saturated carbocycles. The maximum atomic E-state index is 12.7. The summed E-state index contributed by atoms with van der Waals surface area (Å²) in [5.41, 5.74) is 0. The summed E-state index contributed by atoms with van der Waals surface area (Å²) in [4.78, 5) is 17.5. The Hall–Kier alpha value is -1.25. The van der Waals surface area contributed by atoms with Crippen molar-refractivity contribution >= 4 is 27.5 Å². The zero-order chi connectivity index (χ0) is 18.4. The molecule has 6 nitrogen and oxygen atoms in total. The van der Waals surface area contributed by atoms with E-state index in [0.717, 1.165) is 17.2 Å². The van der Waals surface area contributed by atoms with Gasteiger partial charge in [-0.1, -0.05) is 0 Å². The van der Waals surface area contributed by atoms with Crippen molar-refractivity contribution in [1.82, 2.24) is 9.80 Å². The van der Waals surface area contributed by atoms with Crippen LogP contribution < -0.4 is 4.74 Å². The number of ether oxygens (including phenoxy) is 1. The molecule has 1 saturated heterocycles. The largest absolute Gasteiger partial charge is 0.497 e. The van der Waals surface area contributed by atoms with E-state index in [-0.39, 0.29) is 23.5 Å². The molecule has 1 fully saturated rings. The molecule has 1 aromatic carbocycles. The lowest BCUT2D eigenvalue weighted by Gasteiger charge is -2.29. The molecule has 1 amide bonds. The number of likely N-dealkylation sites (N-methyl/N-ethyl adjacent to an activating group) is 1. The van der Waals surface area contributed by atoms with Crippen LogP contribution in [0.1, 0.15) is 6.42 Å². The zero-order valence-electron chi connectivity index (χ0n) is 15.0. The molecule has 1 aromatic rings. The molecule has 1 atom stereocenters. The Kier molecular flexibility index (Phi) is 7.15. The Morgan fingerprint density at radius 2 is 1.92 bits per heavy atom. The fraction of sp³-hybridized carbons (Fsp3) is 0.588. The van der Waals surface area contributed by atoms with Crippen LogP contribution in [0.25, 0.3) is 0 Å². The van der Waals surface area contributed by atoms with E-state index < -0.39 is 9.84 Å². The van der Waals surface area contributed by atoms with Gasteiger partial charge in [-0.3, -0.25) is 4.79 Å². The molecule has 1 aliphatic rings. The van der Waals surface area contributed by atoms with Gasteiger partial charge in [-0.15, -0.1) is 11.8 Å². The van der Waals surface area contributed by atoms with E-state index in [9.17, 15) is 13.2 Å². The Balaban J connectivity index is 1.98. The van der Waals surface area contributed by atoms with E-state index in [4.69, 9.17) is 4.74 Å². The van der Waals surface area contributed by atoms with Crippen molar-refractivity contribution in [2.24, 2.45) is 0 Å². The van der Waals surface area contributed by atoms with Gasteiger partial charge >= 0.3 is 0 Å². The van der Waals surface area contributed by atoms with Crippen molar-refractivity contribution < 1.29 is 17.9 Å². The average molecular weight is 387 g/mol. The number of hydrogen-bond donors (Lipinski definition) is 0. The Labute approximate surface area is 154 Å². The summed E-state index contributed by atoms with van der Waals surface area (Å²) >= 11 is 1.46. The van der Waals surface area contributed by atoms with E-state index in [2.05, 4.69) is 0 Å². The third kappa shape index (κ3) is 6.20. The van der Waals surface area contributed by atoms with Crippen molar-refractivity contribution in [2.75, 3.05) is 51.6 Å². The second-order valence-corrected chi connectivity index (χ2v) is 9.69. The summed E-state index contributed by atoms with van der Waals surface area (Å²) in [5, 5.41) is 0. The van der Waals surface area contributed by atoms with Crippen LogP contribution in [-0.4, -0.2) is 81.7 Å². The molecule has 0 unspecified atom stereocenters. The Morgan fingerprint density at radius 1 is 1.24 bits per heavy atom. The topological polar surface area (TPSA) is 66.9 Å². The summed E-state index contributed by atoms with van der Waals surface area (Å²) in [6, 6.07) is 7.36. The standard InChI is InChI=1S/C17H26N2O4S2/c1-18(2)9-10-19(14-8-11-25(21,22)13-14)17(20)12-24-16-6-4-15(23-3)5-7-16/h4-7,14H,8-13H2,1-3H3/t14-/m1/s1. The van der Waals surface area contributed by atoms with Gasteiger partial charge in [-0.2, -0.15) is 0 Å². The molecule has 2 rings (SSSR count). The highest BCUT2D eigenvalue weighted by Gasteiger charge is 2.34. The normalized spacial score (nSPS) is 19.1. The van der Waals surface area contributed by atoms with E-state index in [1.807, 2.05) is 43.3 Å². The number of sulfone groups is 1. The average Bonchev–Trinajstić information content (AvgIpc) is 2.93. The molecule has 8 heteroatoms. The molecule has 140 valence electrons. The molecular formula is C17H26N2O4S2. The van der Waals surface area contributed by atoms with Crippen LogP contribution in [0, 0.1) is 0 Å². The molecule has 0 bridgehead atoms. The van der Waals surface area contributed by atoms with Gasteiger partial charge in [0.15, 0.2) is 9.84 Å². The molecule has 0 spiro atoms. The minimum Gasteiger partial charge on any atom is -0.497 e. The van der Waals surface area contributed by atoms with E-state index in [0.29, 0.717) is 18.7 Å². The highest BCUT2D eigenvalue weighted by molar-refractivity contribution is 8.00. The van der Waals surface area contributed by atoms with Gasteiger partial charge in [0, 0.05) is 24.0 Å². The molecule has 1 aliphatic heterocycles. The number of nitrogens with zero attached hydrogens (tertiary/aromatic N) is 2. The van der Waals surface area contributed by atoms with Gasteiger partial charge in [-0.05, 0) is 44.8 Å². The number of benzene rings is 1. The smallest absolute Gasteiger partial charge is 0.233 e. The maximum absolute atomic E-state index is 12.7. The number of carbonyl (C=O) groups is 1. The van der Waals surface area contributed by atoms with Gasteiger partial charge in [-0.25, -0.2) is 8.42 Å². The fourth-order valence-electron chi connectivity index (χ4n) is 2.74. The molecule has 1 heterocycles. The van der Waals surface area contributed by atoms with E-state index in [1.165, 1.54) is 11.8 Å². The van der Waals surface area contributed by atoms with Gasteiger partial charge in [0.25, 0.3) is 0 Å². The highest BCUT2D eigenvalue weighted by Crippen LogP contribution is 2.23. The SMILES string of the molecule is COc1ccc(SCC(=O)N(CCN(C)C)[C@@H]2CCS(=O)(=O)C2)cc1. The van der Waals surface area contributed by atoms with Crippen molar-refractivity contribution in [3.8, 4) is 5.75 Å². The Morgan fingerprint density at radius 3 is 2.44 bits per heavy atom. The fourth-order valence-corrected chi connectivity index (χ4v) is 5.25.